The first-order valence-electron chi connectivity index (χ1n) is 5.98. The van der Waals surface area contributed by atoms with E-state index in [1.54, 1.807) is 7.11 Å². The summed E-state index contributed by atoms with van der Waals surface area (Å²) in [5.74, 6) is 1.37. The molecule has 0 atom stereocenters. The maximum atomic E-state index is 5.54. The van der Waals surface area contributed by atoms with E-state index in [4.69, 9.17) is 14.2 Å². The molecule has 0 radical (unpaired) electrons. The maximum Gasteiger partial charge on any atom is 0.221 e. The SMILES string of the molecule is CNc1ncnc(OCCOCCCOC)c1C. The van der Waals surface area contributed by atoms with Crippen LogP contribution in [0.25, 0.3) is 0 Å². The molecule has 1 aromatic heterocycles. The van der Waals surface area contributed by atoms with E-state index in [0.717, 1.165) is 24.4 Å². The summed E-state index contributed by atoms with van der Waals surface area (Å²) in [5.41, 5.74) is 0.902. The van der Waals surface area contributed by atoms with Crippen LogP contribution in [-0.2, 0) is 9.47 Å². The predicted molar refractivity (Wildman–Crippen MR) is 69.1 cm³/mol. The fourth-order valence-electron chi connectivity index (χ4n) is 1.44. The van der Waals surface area contributed by atoms with E-state index >= 15 is 0 Å². The van der Waals surface area contributed by atoms with Gasteiger partial charge in [-0.25, -0.2) is 9.97 Å². The van der Waals surface area contributed by atoms with Gasteiger partial charge in [-0.3, -0.25) is 0 Å². The van der Waals surface area contributed by atoms with Crippen LogP contribution in [0.15, 0.2) is 6.33 Å². The van der Waals surface area contributed by atoms with Crippen molar-refractivity contribution in [2.24, 2.45) is 0 Å². The van der Waals surface area contributed by atoms with E-state index in [2.05, 4.69) is 15.3 Å². The molecule has 6 heteroatoms. The molecule has 1 rings (SSSR count). The molecule has 0 fully saturated rings. The molecule has 18 heavy (non-hydrogen) atoms. The van der Waals surface area contributed by atoms with Gasteiger partial charge in [0.05, 0.1) is 12.2 Å². The standard InChI is InChI=1S/C12H21N3O3/c1-10-11(13-2)14-9-15-12(10)18-8-7-17-6-4-5-16-3/h9H,4-8H2,1-3H3,(H,13,14,15). The Kier molecular flexibility index (Phi) is 7.05. The number of nitrogens with zero attached hydrogens (tertiary/aromatic N) is 2. The third kappa shape index (κ3) is 4.85. The predicted octanol–water partition coefficient (Wildman–Crippen LogP) is 1.26. The third-order valence-electron chi connectivity index (χ3n) is 2.38. The fraction of sp³-hybridized carbons (Fsp3) is 0.667. The van der Waals surface area contributed by atoms with Crippen LogP contribution < -0.4 is 10.1 Å². The molecule has 1 N–H and O–H groups in total. The van der Waals surface area contributed by atoms with Crippen molar-refractivity contribution in [1.29, 1.82) is 0 Å². The van der Waals surface area contributed by atoms with E-state index in [0.29, 0.717) is 25.7 Å². The Morgan fingerprint density at radius 1 is 1.17 bits per heavy atom. The molecule has 102 valence electrons. The van der Waals surface area contributed by atoms with Gasteiger partial charge < -0.3 is 19.5 Å². The average Bonchev–Trinajstić information content (AvgIpc) is 2.39. The fourth-order valence-corrected chi connectivity index (χ4v) is 1.44. The highest BCUT2D eigenvalue weighted by molar-refractivity contribution is 5.46. The van der Waals surface area contributed by atoms with Crippen molar-refractivity contribution >= 4 is 5.82 Å². The van der Waals surface area contributed by atoms with Crippen LogP contribution in [0, 0.1) is 6.92 Å². The summed E-state index contributed by atoms with van der Waals surface area (Å²) in [7, 11) is 3.50. The van der Waals surface area contributed by atoms with Crippen LogP contribution in [0.3, 0.4) is 0 Å². The highest BCUT2D eigenvalue weighted by atomic mass is 16.5. The van der Waals surface area contributed by atoms with E-state index in [1.807, 2.05) is 14.0 Å². The zero-order valence-electron chi connectivity index (χ0n) is 11.2. The molecule has 0 aliphatic carbocycles. The van der Waals surface area contributed by atoms with E-state index in [1.165, 1.54) is 6.33 Å². The number of ether oxygens (including phenoxy) is 3. The second kappa shape index (κ2) is 8.66. The van der Waals surface area contributed by atoms with Gasteiger partial charge in [0.1, 0.15) is 18.8 Å². The molecule has 0 aliphatic rings. The first kappa shape index (κ1) is 14.7. The summed E-state index contributed by atoms with van der Waals surface area (Å²) in [6.45, 7) is 4.34. The highest BCUT2D eigenvalue weighted by Crippen LogP contribution is 2.19. The molecule has 0 spiro atoms. The van der Waals surface area contributed by atoms with Crippen molar-refractivity contribution in [3.8, 4) is 5.88 Å². The summed E-state index contributed by atoms with van der Waals surface area (Å²) < 4.78 is 15.9. The number of anilines is 1. The molecule has 0 bridgehead atoms. The first-order chi connectivity index (χ1) is 8.79. The van der Waals surface area contributed by atoms with Crippen LogP contribution in [0.1, 0.15) is 12.0 Å². The highest BCUT2D eigenvalue weighted by Gasteiger charge is 2.06. The number of methoxy groups -OCH3 is 1. The monoisotopic (exact) mass is 255 g/mol. The molecule has 1 heterocycles. The summed E-state index contributed by atoms with van der Waals surface area (Å²) in [6.07, 6.45) is 2.38. The minimum atomic E-state index is 0.480. The van der Waals surface area contributed by atoms with Crippen molar-refractivity contribution < 1.29 is 14.2 Å². The second-order valence-corrected chi connectivity index (χ2v) is 3.71. The third-order valence-corrected chi connectivity index (χ3v) is 2.38. The van der Waals surface area contributed by atoms with Crippen molar-refractivity contribution in [2.45, 2.75) is 13.3 Å². The quantitative estimate of drug-likeness (QED) is 0.670. The Balaban J connectivity index is 2.23. The molecule has 0 unspecified atom stereocenters. The summed E-state index contributed by atoms with van der Waals surface area (Å²) >= 11 is 0. The minimum Gasteiger partial charge on any atom is -0.475 e. The Bertz CT molecular complexity index is 347. The zero-order valence-corrected chi connectivity index (χ0v) is 11.2. The number of hydrogen-bond donors (Lipinski definition) is 1. The number of rotatable bonds is 9. The van der Waals surface area contributed by atoms with Gasteiger partial charge in [-0.1, -0.05) is 0 Å². The minimum absolute atomic E-state index is 0.480. The molecular formula is C12H21N3O3. The number of aromatic nitrogens is 2. The van der Waals surface area contributed by atoms with Crippen LogP contribution >= 0.6 is 0 Å². The molecule has 0 aliphatic heterocycles. The summed E-state index contributed by atoms with van der Waals surface area (Å²) in [6, 6.07) is 0. The first-order valence-corrected chi connectivity index (χ1v) is 5.98. The van der Waals surface area contributed by atoms with Crippen molar-refractivity contribution in [2.75, 3.05) is 45.9 Å². The van der Waals surface area contributed by atoms with Gasteiger partial charge in [0.15, 0.2) is 0 Å². The van der Waals surface area contributed by atoms with Crippen LogP contribution in [-0.4, -0.2) is 50.6 Å². The van der Waals surface area contributed by atoms with E-state index < -0.39 is 0 Å². The van der Waals surface area contributed by atoms with Gasteiger partial charge in [-0.15, -0.1) is 0 Å². The lowest BCUT2D eigenvalue weighted by molar-refractivity contribution is 0.0793. The smallest absolute Gasteiger partial charge is 0.221 e. The Hall–Kier alpha value is -1.40. The lowest BCUT2D eigenvalue weighted by Crippen LogP contribution is -2.10. The molecule has 6 nitrogen and oxygen atoms in total. The number of nitrogens with one attached hydrogen (secondary N) is 1. The molecule has 0 saturated carbocycles. The average molecular weight is 255 g/mol. The lowest BCUT2D eigenvalue weighted by Gasteiger charge is -2.10. The van der Waals surface area contributed by atoms with Crippen molar-refractivity contribution in [1.82, 2.24) is 9.97 Å². The normalized spacial score (nSPS) is 10.4. The van der Waals surface area contributed by atoms with Gasteiger partial charge in [0.25, 0.3) is 0 Å². The van der Waals surface area contributed by atoms with Gasteiger partial charge in [-0.05, 0) is 13.3 Å². The lowest BCUT2D eigenvalue weighted by atomic mass is 10.3. The topological polar surface area (TPSA) is 65.5 Å². The Morgan fingerprint density at radius 2 is 2.00 bits per heavy atom. The zero-order chi connectivity index (χ0) is 13.2. The van der Waals surface area contributed by atoms with E-state index in [-0.39, 0.29) is 0 Å². The van der Waals surface area contributed by atoms with Crippen molar-refractivity contribution in [3.63, 3.8) is 0 Å². The summed E-state index contributed by atoms with van der Waals surface area (Å²) in [4.78, 5) is 8.17. The van der Waals surface area contributed by atoms with Crippen LogP contribution in [0.5, 0.6) is 5.88 Å². The second-order valence-electron chi connectivity index (χ2n) is 3.71. The van der Waals surface area contributed by atoms with Gasteiger partial charge >= 0.3 is 0 Å². The van der Waals surface area contributed by atoms with Gasteiger partial charge in [0, 0.05) is 27.4 Å². The Morgan fingerprint density at radius 3 is 2.72 bits per heavy atom. The molecule has 0 aromatic carbocycles. The molecule has 0 saturated heterocycles. The van der Waals surface area contributed by atoms with Crippen molar-refractivity contribution in [3.05, 3.63) is 11.9 Å². The van der Waals surface area contributed by atoms with Crippen LogP contribution in [0.2, 0.25) is 0 Å². The molecule has 1 aromatic rings. The molecular weight excluding hydrogens is 234 g/mol. The number of hydrogen-bond acceptors (Lipinski definition) is 6. The largest absolute Gasteiger partial charge is 0.475 e. The Labute approximate surface area is 108 Å². The van der Waals surface area contributed by atoms with Crippen LogP contribution in [0.4, 0.5) is 5.82 Å². The summed E-state index contributed by atoms with van der Waals surface area (Å²) in [5, 5.41) is 2.98. The van der Waals surface area contributed by atoms with Gasteiger partial charge in [-0.2, -0.15) is 0 Å². The van der Waals surface area contributed by atoms with E-state index in [9.17, 15) is 0 Å². The molecule has 0 amide bonds. The maximum absolute atomic E-state index is 5.54. The van der Waals surface area contributed by atoms with Gasteiger partial charge in [0.2, 0.25) is 5.88 Å².